The van der Waals surface area contributed by atoms with Gasteiger partial charge in [0.15, 0.2) is 11.5 Å². The lowest BCUT2D eigenvalue weighted by atomic mass is 10.0. The highest BCUT2D eigenvalue weighted by molar-refractivity contribution is 7.04. The number of nitrogens with zero attached hydrogens (tertiary/aromatic N) is 1. The maximum Gasteiger partial charge on any atom is 0.231 e. The van der Waals surface area contributed by atoms with E-state index in [9.17, 15) is 5.11 Å². The van der Waals surface area contributed by atoms with Crippen LogP contribution in [0.4, 0.5) is 0 Å². The van der Waals surface area contributed by atoms with Crippen LogP contribution < -0.4 is 9.47 Å². The smallest absolute Gasteiger partial charge is 0.231 e. The van der Waals surface area contributed by atoms with E-state index in [1.165, 1.54) is 0 Å². The van der Waals surface area contributed by atoms with Crippen molar-refractivity contribution >= 4 is 9.03 Å². The molecule has 0 bridgehead atoms. The van der Waals surface area contributed by atoms with Crippen molar-refractivity contribution in [1.29, 1.82) is 0 Å². The Labute approximate surface area is 117 Å². The minimum absolute atomic E-state index is 0.142. The van der Waals surface area contributed by atoms with Gasteiger partial charge in [-0.1, -0.05) is 26.8 Å². The average Bonchev–Trinajstić information content (AvgIpc) is 2.93. The normalized spacial score (nSPS) is 15.2. The Balaban J connectivity index is 0.000000861. The Morgan fingerprint density at radius 1 is 1.32 bits per heavy atom. The minimum atomic E-state index is -0.432. The maximum absolute atomic E-state index is 9.79. The molecule has 5 heteroatoms. The van der Waals surface area contributed by atoms with Gasteiger partial charge < -0.3 is 14.6 Å². The second-order valence-electron chi connectivity index (χ2n) is 4.06. The first-order valence-corrected chi connectivity index (χ1v) is 7.12. The van der Waals surface area contributed by atoms with E-state index in [4.69, 9.17) is 9.47 Å². The van der Waals surface area contributed by atoms with Crippen LogP contribution in [-0.4, -0.2) is 24.0 Å². The molecule has 1 aromatic rings. The Hall–Kier alpha value is -1.12. The van der Waals surface area contributed by atoms with Gasteiger partial charge in [-0.25, -0.2) is 0 Å². The van der Waals surface area contributed by atoms with Gasteiger partial charge in [0.2, 0.25) is 6.79 Å². The van der Waals surface area contributed by atoms with Crippen LogP contribution in [0.5, 0.6) is 11.5 Å². The van der Waals surface area contributed by atoms with Crippen molar-refractivity contribution in [1.82, 2.24) is 0 Å². The van der Waals surface area contributed by atoms with Crippen LogP contribution in [0.1, 0.15) is 32.8 Å². The quantitative estimate of drug-likeness (QED) is 0.842. The number of fused-ring (bicyclic) bond motifs is 1. The van der Waals surface area contributed by atoms with E-state index in [0.29, 0.717) is 12.8 Å². The molecule has 2 rings (SSSR count). The first-order chi connectivity index (χ1) is 9.24. The summed E-state index contributed by atoms with van der Waals surface area (Å²) < 4.78 is 14.6. The van der Waals surface area contributed by atoms with E-state index < -0.39 is 6.10 Å². The standard InChI is InChI=1S/C12H16NO3P.C2H6/c1-2-10(14)9(13-17)5-8-3-4-11-12(6-8)16-7-15-11;1-2/h3-4,6,9-10,14,17H,2,5,7H2,1H3;1-2H3. The molecule has 0 radical (unpaired) electrons. The molecule has 1 heterocycles. The first-order valence-electron chi connectivity index (χ1n) is 6.67. The second kappa shape index (κ2) is 8.13. The Kier molecular flexibility index (Phi) is 6.82. The summed E-state index contributed by atoms with van der Waals surface area (Å²) in [7, 11) is 3.14. The lowest BCUT2D eigenvalue weighted by Gasteiger charge is -2.17. The molecule has 1 aromatic carbocycles. The largest absolute Gasteiger partial charge is 0.454 e. The molecular formula is C14H22NO3P. The summed E-state index contributed by atoms with van der Waals surface area (Å²) >= 11 is 0. The zero-order valence-corrected chi connectivity index (χ0v) is 12.7. The van der Waals surface area contributed by atoms with Gasteiger partial charge in [0.1, 0.15) is 0 Å². The van der Waals surface area contributed by atoms with Gasteiger partial charge in [-0.2, -0.15) is 0 Å². The number of aliphatic hydroxyl groups excluding tert-OH is 1. The number of aliphatic hydroxyl groups is 1. The summed E-state index contributed by atoms with van der Waals surface area (Å²) in [5.74, 6) is 1.54. The van der Waals surface area contributed by atoms with Crippen molar-refractivity contribution in [2.24, 2.45) is 4.74 Å². The third kappa shape index (κ3) is 4.19. The molecule has 1 N–H and O–H groups in total. The number of hydrogen-bond acceptors (Lipinski definition) is 4. The highest BCUT2D eigenvalue weighted by Crippen LogP contribution is 2.33. The van der Waals surface area contributed by atoms with E-state index in [1.54, 1.807) is 0 Å². The predicted molar refractivity (Wildman–Crippen MR) is 78.4 cm³/mol. The fraction of sp³-hybridized carbons (Fsp3) is 0.571. The fourth-order valence-electron chi connectivity index (χ4n) is 1.85. The molecule has 106 valence electrons. The Morgan fingerprint density at radius 3 is 2.63 bits per heavy atom. The number of hydrogen-bond donors (Lipinski definition) is 1. The molecule has 0 aromatic heterocycles. The summed E-state index contributed by atoms with van der Waals surface area (Å²) in [5, 5.41) is 9.79. The molecule has 2 atom stereocenters. The van der Waals surface area contributed by atoms with Crippen LogP contribution in [0.25, 0.3) is 0 Å². The van der Waals surface area contributed by atoms with Gasteiger partial charge in [-0.3, -0.25) is 4.74 Å². The van der Waals surface area contributed by atoms with Gasteiger partial charge in [-0.15, -0.1) is 0 Å². The molecule has 0 saturated heterocycles. The highest BCUT2D eigenvalue weighted by atomic mass is 31.0. The van der Waals surface area contributed by atoms with Crippen molar-refractivity contribution < 1.29 is 14.6 Å². The highest BCUT2D eigenvalue weighted by Gasteiger charge is 2.19. The lowest BCUT2D eigenvalue weighted by Crippen LogP contribution is -2.24. The van der Waals surface area contributed by atoms with E-state index in [1.807, 2.05) is 39.0 Å². The van der Waals surface area contributed by atoms with Crippen LogP contribution in [0, 0.1) is 0 Å². The molecule has 0 aliphatic carbocycles. The minimum Gasteiger partial charge on any atom is -0.454 e. The summed E-state index contributed by atoms with van der Waals surface area (Å²) in [5.41, 5.74) is 1.08. The predicted octanol–water partition coefficient (Wildman–Crippen LogP) is 3.45. The van der Waals surface area contributed by atoms with Gasteiger partial charge >= 0.3 is 0 Å². The average molecular weight is 283 g/mol. The summed E-state index contributed by atoms with van der Waals surface area (Å²) in [6, 6.07) is 5.66. The zero-order chi connectivity index (χ0) is 14.3. The first kappa shape index (κ1) is 15.9. The van der Waals surface area contributed by atoms with Crippen LogP contribution in [0.3, 0.4) is 0 Å². The van der Waals surface area contributed by atoms with Gasteiger partial charge in [0.25, 0.3) is 0 Å². The third-order valence-corrected chi connectivity index (χ3v) is 3.24. The molecule has 0 saturated carbocycles. The van der Waals surface area contributed by atoms with Gasteiger partial charge in [0.05, 0.1) is 12.1 Å². The van der Waals surface area contributed by atoms with Gasteiger partial charge in [0, 0.05) is 0 Å². The van der Waals surface area contributed by atoms with Crippen molar-refractivity contribution in [3.8, 4) is 11.5 Å². The van der Waals surface area contributed by atoms with Crippen LogP contribution in [0.15, 0.2) is 22.9 Å². The second-order valence-corrected chi connectivity index (χ2v) is 4.32. The van der Waals surface area contributed by atoms with E-state index in [0.717, 1.165) is 17.1 Å². The molecule has 0 spiro atoms. The topological polar surface area (TPSA) is 51.0 Å². The van der Waals surface area contributed by atoms with Crippen molar-refractivity contribution in [3.63, 3.8) is 0 Å². The van der Waals surface area contributed by atoms with Crippen LogP contribution in [-0.2, 0) is 6.42 Å². The van der Waals surface area contributed by atoms with E-state index in [-0.39, 0.29) is 12.8 Å². The van der Waals surface area contributed by atoms with Crippen LogP contribution in [0.2, 0.25) is 0 Å². The lowest BCUT2D eigenvalue weighted by molar-refractivity contribution is 0.142. The van der Waals surface area contributed by atoms with Crippen molar-refractivity contribution in [2.75, 3.05) is 6.79 Å². The molecule has 1 aliphatic heterocycles. The number of benzene rings is 1. The molecule has 19 heavy (non-hydrogen) atoms. The zero-order valence-electron chi connectivity index (χ0n) is 11.7. The molecule has 2 unspecified atom stereocenters. The summed E-state index contributed by atoms with van der Waals surface area (Å²) in [6.07, 6.45) is 0.927. The van der Waals surface area contributed by atoms with E-state index in [2.05, 4.69) is 13.8 Å². The monoisotopic (exact) mass is 283 g/mol. The SMILES string of the molecule is CC.CCC(O)C(Cc1ccc2c(c1)OCO2)N=P. The van der Waals surface area contributed by atoms with Crippen LogP contribution >= 0.6 is 9.03 Å². The number of rotatable bonds is 5. The molecule has 4 nitrogen and oxygen atoms in total. The van der Waals surface area contributed by atoms with Crippen molar-refractivity contribution in [3.05, 3.63) is 23.8 Å². The van der Waals surface area contributed by atoms with E-state index >= 15 is 0 Å². The maximum atomic E-state index is 9.79. The Bertz CT molecular complexity index is 412. The fourth-order valence-corrected chi connectivity index (χ4v) is 2.11. The summed E-state index contributed by atoms with van der Waals surface area (Å²) in [4.78, 5) is 0. The molecule has 1 aliphatic rings. The molecular weight excluding hydrogens is 261 g/mol. The van der Waals surface area contributed by atoms with Gasteiger partial charge in [-0.05, 0) is 39.6 Å². The number of ether oxygens (including phenoxy) is 2. The molecule has 0 fully saturated rings. The molecule has 0 amide bonds. The Morgan fingerprint density at radius 2 is 2.00 bits per heavy atom. The summed E-state index contributed by atoms with van der Waals surface area (Å²) in [6.45, 7) is 6.22. The van der Waals surface area contributed by atoms with Crippen molar-refractivity contribution in [2.45, 2.75) is 45.8 Å². The third-order valence-electron chi connectivity index (χ3n) is 2.91.